The van der Waals surface area contributed by atoms with Gasteiger partial charge in [-0.15, -0.1) is 5.10 Å². The molecular weight excluding hydrogens is 308 g/mol. The summed E-state index contributed by atoms with van der Waals surface area (Å²) in [4.78, 5) is 16.8. The van der Waals surface area contributed by atoms with E-state index < -0.39 is 0 Å². The third kappa shape index (κ3) is 2.26. The lowest BCUT2D eigenvalue weighted by Crippen LogP contribution is -2.18. The van der Waals surface area contributed by atoms with Crippen molar-refractivity contribution in [2.75, 3.05) is 5.32 Å². The molecule has 2 N–H and O–H groups in total. The fraction of sp³-hybridized carbons (Fsp3) is 0.200. The lowest BCUT2D eigenvalue weighted by molar-refractivity contribution is -0.115. The molecule has 0 fully saturated rings. The number of nitrogens with zero attached hydrogens (tertiary/aromatic N) is 6. The molecule has 1 aromatic carbocycles. The molecule has 120 valence electrons. The zero-order valence-corrected chi connectivity index (χ0v) is 13.1. The van der Waals surface area contributed by atoms with Crippen LogP contribution in [0.3, 0.4) is 0 Å². The van der Waals surface area contributed by atoms with E-state index in [1.807, 2.05) is 38.1 Å². The minimum absolute atomic E-state index is 0.147. The maximum absolute atomic E-state index is 12.2. The molecule has 0 spiro atoms. The van der Waals surface area contributed by atoms with Crippen LogP contribution >= 0.6 is 0 Å². The van der Waals surface area contributed by atoms with Crippen LogP contribution < -0.4 is 5.32 Å². The second-order valence-corrected chi connectivity index (χ2v) is 5.47. The third-order valence-corrected chi connectivity index (χ3v) is 3.95. The second-order valence-electron chi connectivity index (χ2n) is 5.47. The first kappa shape index (κ1) is 14.2. The summed E-state index contributed by atoms with van der Waals surface area (Å²) in [6, 6.07) is 7.84. The van der Waals surface area contributed by atoms with Gasteiger partial charge in [0, 0.05) is 22.3 Å². The lowest BCUT2D eigenvalue weighted by Gasteiger charge is -2.10. The Labute approximate surface area is 136 Å². The smallest absolute Gasteiger partial charge is 0.269 e. The van der Waals surface area contributed by atoms with E-state index in [-0.39, 0.29) is 18.3 Å². The van der Waals surface area contributed by atoms with Crippen LogP contribution in [0.2, 0.25) is 0 Å². The molecule has 0 bridgehead atoms. The summed E-state index contributed by atoms with van der Waals surface area (Å²) in [5.41, 5.74) is 4.19. The number of rotatable bonds is 3. The largest absolute Gasteiger partial charge is 0.292 e. The molecule has 0 saturated heterocycles. The maximum Gasteiger partial charge on any atom is 0.269 e. The highest BCUT2D eigenvalue weighted by molar-refractivity contribution is 5.93. The monoisotopic (exact) mass is 322 g/mol. The minimum Gasteiger partial charge on any atom is -0.292 e. The lowest BCUT2D eigenvalue weighted by atomic mass is 10.1. The van der Waals surface area contributed by atoms with Crippen molar-refractivity contribution in [3.63, 3.8) is 0 Å². The standard InChI is InChI=1S/C15H14N8O/c1-8-11(7-13(24)17-15-18-21-22-19-15)9(2)23-14(16-8)10-5-3-4-6-12(10)20-23/h3-6H,7H2,1-2H3,(H2,17,18,19,21,22,24). The Morgan fingerprint density at radius 2 is 2.12 bits per heavy atom. The number of aromatic amines is 1. The van der Waals surface area contributed by atoms with Crippen molar-refractivity contribution in [2.24, 2.45) is 0 Å². The first-order chi connectivity index (χ1) is 11.6. The number of H-pyrrole nitrogens is 1. The first-order valence-corrected chi connectivity index (χ1v) is 7.40. The molecule has 9 nitrogen and oxygen atoms in total. The Bertz CT molecular complexity index is 1050. The summed E-state index contributed by atoms with van der Waals surface area (Å²) in [6.07, 6.45) is 0.158. The number of aryl methyl sites for hydroxylation is 2. The van der Waals surface area contributed by atoms with Gasteiger partial charge in [0.2, 0.25) is 5.91 Å². The van der Waals surface area contributed by atoms with Crippen LogP contribution in [0.4, 0.5) is 5.95 Å². The van der Waals surface area contributed by atoms with Crippen molar-refractivity contribution in [1.29, 1.82) is 0 Å². The molecule has 4 rings (SSSR count). The predicted octanol–water partition coefficient (Wildman–Crippen LogP) is 1.19. The third-order valence-electron chi connectivity index (χ3n) is 3.95. The van der Waals surface area contributed by atoms with E-state index in [9.17, 15) is 4.79 Å². The van der Waals surface area contributed by atoms with Gasteiger partial charge in [0.15, 0.2) is 5.65 Å². The summed E-state index contributed by atoms with van der Waals surface area (Å²) >= 11 is 0. The predicted molar refractivity (Wildman–Crippen MR) is 86.5 cm³/mol. The van der Waals surface area contributed by atoms with Crippen LogP contribution in [-0.2, 0) is 11.2 Å². The van der Waals surface area contributed by atoms with Crippen molar-refractivity contribution < 1.29 is 4.79 Å². The number of carbonyl (C=O) groups is 1. The van der Waals surface area contributed by atoms with Crippen LogP contribution in [0.15, 0.2) is 24.3 Å². The number of carbonyl (C=O) groups excluding carboxylic acids is 1. The van der Waals surface area contributed by atoms with Gasteiger partial charge in [0.05, 0.1) is 11.9 Å². The summed E-state index contributed by atoms with van der Waals surface area (Å²) in [5, 5.41) is 21.3. The minimum atomic E-state index is -0.236. The number of anilines is 1. The zero-order chi connectivity index (χ0) is 16.7. The molecule has 0 atom stereocenters. The average molecular weight is 322 g/mol. The topological polar surface area (TPSA) is 114 Å². The number of hydrogen-bond acceptors (Lipinski definition) is 6. The Morgan fingerprint density at radius 1 is 1.29 bits per heavy atom. The number of nitrogens with one attached hydrogen (secondary N) is 2. The summed E-state index contributed by atoms with van der Waals surface area (Å²) in [5.74, 6) is -0.0883. The van der Waals surface area contributed by atoms with Gasteiger partial charge in [-0.2, -0.15) is 10.3 Å². The van der Waals surface area contributed by atoms with Gasteiger partial charge in [0.1, 0.15) is 0 Å². The Kier molecular flexibility index (Phi) is 3.19. The zero-order valence-electron chi connectivity index (χ0n) is 13.1. The van der Waals surface area contributed by atoms with E-state index in [1.54, 1.807) is 4.52 Å². The molecule has 24 heavy (non-hydrogen) atoms. The van der Waals surface area contributed by atoms with Crippen LogP contribution in [0.25, 0.3) is 16.6 Å². The number of aromatic nitrogens is 7. The summed E-state index contributed by atoms with van der Waals surface area (Å²) in [6.45, 7) is 3.83. The summed E-state index contributed by atoms with van der Waals surface area (Å²) in [7, 11) is 0. The van der Waals surface area contributed by atoms with Crippen LogP contribution in [0, 0.1) is 13.8 Å². The molecule has 0 aliphatic rings. The second kappa shape index (κ2) is 5.37. The SMILES string of the molecule is Cc1nc2c3ccccc3nn2c(C)c1CC(=O)Nc1nn[nH]n1. The van der Waals surface area contributed by atoms with Gasteiger partial charge in [-0.25, -0.2) is 9.50 Å². The normalized spacial score (nSPS) is 11.2. The number of fused-ring (bicyclic) bond motifs is 3. The maximum atomic E-state index is 12.2. The van der Waals surface area contributed by atoms with Crippen molar-refractivity contribution in [3.05, 3.63) is 41.2 Å². The van der Waals surface area contributed by atoms with Gasteiger partial charge in [-0.05, 0) is 31.2 Å². The van der Waals surface area contributed by atoms with Gasteiger partial charge in [0.25, 0.3) is 5.95 Å². The Hall–Kier alpha value is -3.36. The molecule has 0 aliphatic heterocycles. The molecule has 0 aliphatic carbocycles. The number of amides is 1. The van der Waals surface area contributed by atoms with Gasteiger partial charge in [-0.1, -0.05) is 17.2 Å². The van der Waals surface area contributed by atoms with Gasteiger partial charge in [-0.3, -0.25) is 10.1 Å². The highest BCUT2D eigenvalue weighted by atomic mass is 16.1. The molecule has 3 heterocycles. The van der Waals surface area contributed by atoms with Crippen molar-refractivity contribution in [2.45, 2.75) is 20.3 Å². The van der Waals surface area contributed by atoms with Crippen molar-refractivity contribution >= 4 is 28.4 Å². The van der Waals surface area contributed by atoms with Gasteiger partial charge < -0.3 is 0 Å². The highest BCUT2D eigenvalue weighted by Crippen LogP contribution is 2.22. The van der Waals surface area contributed by atoms with Crippen LogP contribution in [-0.4, -0.2) is 41.1 Å². The molecule has 9 heteroatoms. The molecular formula is C15H14N8O. The molecule has 0 radical (unpaired) electrons. The van der Waals surface area contributed by atoms with E-state index in [2.05, 4.69) is 36.0 Å². The van der Waals surface area contributed by atoms with E-state index in [4.69, 9.17) is 0 Å². The Morgan fingerprint density at radius 3 is 2.92 bits per heavy atom. The average Bonchev–Trinajstić information content (AvgIpc) is 3.19. The van der Waals surface area contributed by atoms with Crippen LogP contribution in [0.1, 0.15) is 17.0 Å². The van der Waals surface area contributed by atoms with Crippen molar-refractivity contribution in [1.82, 2.24) is 35.2 Å². The molecule has 0 unspecified atom stereocenters. The molecule has 4 aromatic rings. The first-order valence-electron chi connectivity index (χ1n) is 7.40. The summed E-state index contributed by atoms with van der Waals surface area (Å²) < 4.78 is 1.79. The van der Waals surface area contributed by atoms with E-state index in [1.165, 1.54) is 0 Å². The number of benzene rings is 1. The number of tetrazole rings is 1. The van der Waals surface area contributed by atoms with Gasteiger partial charge >= 0.3 is 0 Å². The van der Waals surface area contributed by atoms with Crippen molar-refractivity contribution in [3.8, 4) is 0 Å². The van der Waals surface area contributed by atoms with Crippen LogP contribution in [0.5, 0.6) is 0 Å². The number of hydrogen-bond donors (Lipinski definition) is 2. The fourth-order valence-electron chi connectivity index (χ4n) is 2.78. The van der Waals surface area contributed by atoms with E-state index in [0.29, 0.717) is 0 Å². The molecule has 1 amide bonds. The quantitative estimate of drug-likeness (QED) is 0.586. The highest BCUT2D eigenvalue weighted by Gasteiger charge is 2.17. The molecule has 0 saturated carbocycles. The van der Waals surface area contributed by atoms with E-state index >= 15 is 0 Å². The molecule has 3 aromatic heterocycles. The Balaban J connectivity index is 1.75. The van der Waals surface area contributed by atoms with E-state index in [0.717, 1.165) is 33.5 Å². The fourth-order valence-corrected chi connectivity index (χ4v) is 2.78.